The van der Waals surface area contributed by atoms with E-state index in [2.05, 4.69) is 17.0 Å². The molecule has 2 heterocycles. The first-order valence-electron chi connectivity index (χ1n) is 7.71. The fourth-order valence-corrected chi connectivity index (χ4v) is 3.48. The van der Waals surface area contributed by atoms with Crippen molar-refractivity contribution in [2.24, 2.45) is 5.92 Å². The summed E-state index contributed by atoms with van der Waals surface area (Å²) in [5, 5.41) is 5.36. The van der Waals surface area contributed by atoms with Gasteiger partial charge in [-0.1, -0.05) is 30.7 Å². The Morgan fingerprint density at radius 3 is 2.70 bits per heavy atom. The zero-order valence-corrected chi connectivity index (χ0v) is 13.8. The van der Waals surface area contributed by atoms with E-state index in [0.29, 0.717) is 22.9 Å². The van der Waals surface area contributed by atoms with Crippen LogP contribution in [0.2, 0.25) is 5.02 Å². The molecule has 0 amide bonds. The minimum atomic E-state index is 0.161. The predicted molar refractivity (Wildman–Crippen MR) is 90.0 cm³/mol. The highest BCUT2D eigenvalue weighted by atomic mass is 35.5. The van der Waals surface area contributed by atoms with Crippen molar-refractivity contribution >= 4 is 23.0 Å². The molecule has 0 unspecified atom stereocenters. The second-order valence-corrected chi connectivity index (χ2v) is 6.69. The second kappa shape index (κ2) is 5.17. The van der Waals surface area contributed by atoms with Gasteiger partial charge in [0, 0.05) is 23.2 Å². The number of carbonyl (C=O) groups is 1. The number of hydrogen-bond donors (Lipinski definition) is 0. The van der Waals surface area contributed by atoms with Gasteiger partial charge in [-0.15, -0.1) is 0 Å². The molecular weight excluding hydrogens is 310 g/mol. The number of nitrogens with zero attached hydrogens (tertiary/aromatic N) is 3. The number of benzene rings is 1. The number of ketones is 1. The minimum Gasteiger partial charge on any atom is -0.294 e. The SMILES string of the molecule is Cc1nn2c3c(cnc2c1-c1ccc(Cl)cc1)C(=O)C[C@@H](C)C3. The van der Waals surface area contributed by atoms with Crippen LogP contribution in [0.4, 0.5) is 0 Å². The third-order valence-electron chi connectivity index (χ3n) is 4.43. The van der Waals surface area contributed by atoms with Gasteiger partial charge in [0.1, 0.15) is 0 Å². The molecule has 2 aromatic heterocycles. The first kappa shape index (κ1) is 14.4. The molecule has 0 bridgehead atoms. The van der Waals surface area contributed by atoms with Crippen molar-refractivity contribution in [1.29, 1.82) is 0 Å². The first-order valence-corrected chi connectivity index (χ1v) is 8.08. The van der Waals surface area contributed by atoms with Gasteiger partial charge < -0.3 is 0 Å². The molecule has 4 nitrogen and oxygen atoms in total. The summed E-state index contributed by atoms with van der Waals surface area (Å²) in [6.45, 7) is 4.07. The van der Waals surface area contributed by atoms with E-state index in [1.165, 1.54) is 0 Å². The standard InChI is InChI=1S/C18H16ClN3O/c1-10-7-15-14(16(23)8-10)9-20-18-17(11(2)21-22(15)18)12-3-5-13(19)6-4-12/h3-6,9-10H,7-8H2,1-2H3/t10-/m0/s1. The van der Waals surface area contributed by atoms with Gasteiger partial charge in [0.2, 0.25) is 0 Å². The molecule has 5 heteroatoms. The van der Waals surface area contributed by atoms with Gasteiger partial charge in [0.25, 0.3) is 0 Å². The number of rotatable bonds is 1. The molecule has 1 aliphatic rings. The molecule has 0 spiro atoms. The summed E-state index contributed by atoms with van der Waals surface area (Å²) in [6.07, 6.45) is 3.14. The van der Waals surface area contributed by atoms with Crippen LogP contribution in [0.15, 0.2) is 30.5 Å². The van der Waals surface area contributed by atoms with Crippen molar-refractivity contribution in [2.75, 3.05) is 0 Å². The third kappa shape index (κ3) is 2.25. The van der Waals surface area contributed by atoms with E-state index in [-0.39, 0.29) is 5.78 Å². The fraction of sp³-hybridized carbons (Fsp3) is 0.278. The Morgan fingerprint density at radius 2 is 1.96 bits per heavy atom. The smallest absolute Gasteiger partial charge is 0.166 e. The molecule has 1 aromatic carbocycles. The van der Waals surface area contributed by atoms with E-state index in [0.717, 1.165) is 34.6 Å². The van der Waals surface area contributed by atoms with Gasteiger partial charge in [-0.3, -0.25) is 4.79 Å². The Labute approximate surface area is 139 Å². The van der Waals surface area contributed by atoms with Crippen LogP contribution in [0.3, 0.4) is 0 Å². The summed E-state index contributed by atoms with van der Waals surface area (Å²) in [6, 6.07) is 7.68. The first-order chi connectivity index (χ1) is 11.0. The van der Waals surface area contributed by atoms with Crippen molar-refractivity contribution < 1.29 is 4.79 Å². The number of Topliss-reactive ketones (excluding diaryl/α,β-unsaturated/α-hetero) is 1. The molecule has 0 saturated heterocycles. The molecule has 3 aromatic rings. The number of aromatic nitrogens is 3. The van der Waals surface area contributed by atoms with Gasteiger partial charge in [-0.25, -0.2) is 9.50 Å². The van der Waals surface area contributed by atoms with E-state index < -0.39 is 0 Å². The minimum absolute atomic E-state index is 0.161. The Bertz CT molecular complexity index is 928. The number of halogens is 1. The zero-order chi connectivity index (χ0) is 16.1. The largest absolute Gasteiger partial charge is 0.294 e. The van der Waals surface area contributed by atoms with Gasteiger partial charge in [-0.05, 0) is 37.0 Å². The second-order valence-electron chi connectivity index (χ2n) is 6.26. The molecule has 0 aliphatic heterocycles. The third-order valence-corrected chi connectivity index (χ3v) is 4.68. The molecule has 0 radical (unpaired) electrons. The average Bonchev–Trinajstić information content (AvgIpc) is 2.85. The maximum absolute atomic E-state index is 12.2. The molecular formula is C18H16ClN3O. The van der Waals surface area contributed by atoms with Crippen molar-refractivity contribution in [3.8, 4) is 11.1 Å². The normalized spacial score (nSPS) is 17.5. The number of fused-ring (bicyclic) bond motifs is 3. The van der Waals surface area contributed by atoms with Crippen molar-refractivity contribution in [3.63, 3.8) is 0 Å². The summed E-state index contributed by atoms with van der Waals surface area (Å²) in [5.74, 6) is 0.499. The maximum Gasteiger partial charge on any atom is 0.166 e. The highest BCUT2D eigenvalue weighted by Gasteiger charge is 2.27. The van der Waals surface area contributed by atoms with E-state index in [4.69, 9.17) is 11.6 Å². The molecule has 1 atom stereocenters. The van der Waals surface area contributed by atoms with Crippen LogP contribution >= 0.6 is 11.6 Å². The predicted octanol–water partition coefficient (Wildman–Crippen LogP) is 4.12. The lowest BCUT2D eigenvalue weighted by Crippen LogP contribution is -2.21. The summed E-state index contributed by atoms with van der Waals surface area (Å²) < 4.78 is 1.85. The summed E-state index contributed by atoms with van der Waals surface area (Å²) in [7, 11) is 0. The van der Waals surface area contributed by atoms with Gasteiger partial charge >= 0.3 is 0 Å². The lowest BCUT2D eigenvalue weighted by molar-refractivity contribution is 0.0951. The summed E-state index contributed by atoms with van der Waals surface area (Å²) in [4.78, 5) is 16.8. The number of carbonyl (C=O) groups excluding carboxylic acids is 1. The molecule has 4 rings (SSSR count). The number of aryl methyl sites for hydroxylation is 1. The number of hydrogen-bond acceptors (Lipinski definition) is 3. The summed E-state index contributed by atoms with van der Waals surface area (Å²) in [5.41, 5.74) is 5.41. The van der Waals surface area contributed by atoms with Gasteiger partial charge in [0.05, 0.1) is 17.0 Å². The van der Waals surface area contributed by atoms with E-state index in [1.54, 1.807) is 6.20 Å². The lowest BCUT2D eigenvalue weighted by Gasteiger charge is -2.20. The van der Waals surface area contributed by atoms with Crippen LogP contribution in [0, 0.1) is 12.8 Å². The van der Waals surface area contributed by atoms with E-state index in [9.17, 15) is 4.79 Å². The molecule has 23 heavy (non-hydrogen) atoms. The topological polar surface area (TPSA) is 47.3 Å². The van der Waals surface area contributed by atoms with Crippen LogP contribution in [-0.4, -0.2) is 20.4 Å². The molecule has 0 saturated carbocycles. The molecule has 0 N–H and O–H groups in total. The van der Waals surface area contributed by atoms with Gasteiger partial charge in [0.15, 0.2) is 11.4 Å². The maximum atomic E-state index is 12.2. The quantitative estimate of drug-likeness (QED) is 0.676. The van der Waals surface area contributed by atoms with Crippen LogP contribution in [0.5, 0.6) is 0 Å². The van der Waals surface area contributed by atoms with Crippen LogP contribution in [0.25, 0.3) is 16.8 Å². The Hall–Kier alpha value is -2.20. The van der Waals surface area contributed by atoms with Crippen molar-refractivity contribution in [3.05, 3.63) is 52.4 Å². The monoisotopic (exact) mass is 325 g/mol. The Kier molecular flexibility index (Phi) is 3.23. The Morgan fingerprint density at radius 1 is 1.22 bits per heavy atom. The summed E-state index contributed by atoms with van der Waals surface area (Å²) >= 11 is 5.98. The van der Waals surface area contributed by atoms with Crippen molar-refractivity contribution in [1.82, 2.24) is 14.6 Å². The zero-order valence-electron chi connectivity index (χ0n) is 13.0. The highest BCUT2D eigenvalue weighted by molar-refractivity contribution is 6.30. The van der Waals surface area contributed by atoms with Crippen LogP contribution in [0.1, 0.15) is 35.1 Å². The lowest BCUT2D eigenvalue weighted by atomic mass is 9.88. The molecule has 1 aliphatic carbocycles. The average molecular weight is 326 g/mol. The Balaban J connectivity index is 1.98. The molecule has 0 fully saturated rings. The van der Waals surface area contributed by atoms with E-state index >= 15 is 0 Å². The molecule has 116 valence electrons. The highest BCUT2D eigenvalue weighted by Crippen LogP contribution is 2.32. The fourth-order valence-electron chi connectivity index (χ4n) is 3.35. The van der Waals surface area contributed by atoms with Gasteiger partial charge in [-0.2, -0.15) is 5.10 Å². The van der Waals surface area contributed by atoms with Crippen LogP contribution < -0.4 is 0 Å². The van der Waals surface area contributed by atoms with Crippen LogP contribution in [-0.2, 0) is 6.42 Å². The van der Waals surface area contributed by atoms with E-state index in [1.807, 2.05) is 35.7 Å². The van der Waals surface area contributed by atoms with Crippen molar-refractivity contribution in [2.45, 2.75) is 26.7 Å².